The Labute approximate surface area is 182 Å². The maximum Gasteiger partial charge on any atom is 0.261 e. The first-order valence-electron chi connectivity index (χ1n) is 11.1. The molecular weight excluding hydrogens is 388 g/mol. The Morgan fingerprint density at radius 2 is 1.47 bits per heavy atom. The molecule has 2 aromatic carbocycles. The molecule has 3 rings (SSSR count). The zero-order valence-corrected chi connectivity index (χ0v) is 19.8. The van der Waals surface area contributed by atoms with Gasteiger partial charge in [-0.3, -0.25) is 0 Å². The molecule has 0 radical (unpaired) electrons. The minimum Gasteiger partial charge on any atom is -0.405 e. The third kappa shape index (κ3) is 4.94. The van der Waals surface area contributed by atoms with Crippen molar-refractivity contribution in [3.8, 4) is 0 Å². The van der Waals surface area contributed by atoms with Crippen LogP contribution in [0, 0.1) is 0 Å². The summed E-state index contributed by atoms with van der Waals surface area (Å²) < 4.78 is 13.4. The maximum absolute atomic E-state index is 10.4. The molecule has 0 fully saturated rings. The van der Waals surface area contributed by atoms with E-state index in [2.05, 4.69) is 101 Å². The second kappa shape index (κ2) is 10.1. The first-order chi connectivity index (χ1) is 14.4. The van der Waals surface area contributed by atoms with Crippen LogP contribution in [0.1, 0.15) is 47.0 Å². The standard InChI is InChI=1S/C26H36O3Si/c1-5-25-24(27)19-13-12-14-21(29-25)20-28-30(26(2,3)4,22-15-8-6-9-16-22)23-17-10-7-11-18-23/h6-13,15-18,21,24-25,27H,5,14,19-20H2,1-4H3/b13-12-/t21-,24-,25-/m1/s1. The highest BCUT2D eigenvalue weighted by Crippen LogP contribution is 2.37. The predicted molar refractivity (Wildman–Crippen MR) is 127 cm³/mol. The summed E-state index contributed by atoms with van der Waals surface area (Å²) in [5.74, 6) is 0. The average molecular weight is 425 g/mol. The molecule has 1 aliphatic rings. The molecule has 0 amide bonds. The average Bonchev–Trinajstić information content (AvgIpc) is 2.73. The summed E-state index contributed by atoms with van der Waals surface area (Å²) in [6.45, 7) is 9.45. The fraction of sp³-hybridized carbons (Fsp3) is 0.462. The highest BCUT2D eigenvalue weighted by atomic mass is 28.4. The lowest BCUT2D eigenvalue weighted by Crippen LogP contribution is -2.67. The van der Waals surface area contributed by atoms with Crippen molar-refractivity contribution in [1.82, 2.24) is 0 Å². The van der Waals surface area contributed by atoms with E-state index in [4.69, 9.17) is 9.16 Å². The Morgan fingerprint density at radius 1 is 0.933 bits per heavy atom. The van der Waals surface area contributed by atoms with Crippen LogP contribution in [0.3, 0.4) is 0 Å². The minimum absolute atomic E-state index is 0.0587. The zero-order valence-electron chi connectivity index (χ0n) is 18.8. The Balaban J connectivity index is 1.97. The van der Waals surface area contributed by atoms with Crippen LogP contribution in [0.25, 0.3) is 0 Å². The molecule has 1 heterocycles. The van der Waals surface area contributed by atoms with Gasteiger partial charge in [-0.2, -0.15) is 0 Å². The van der Waals surface area contributed by atoms with Gasteiger partial charge in [-0.25, -0.2) is 0 Å². The molecule has 2 aromatic rings. The van der Waals surface area contributed by atoms with Crippen molar-refractivity contribution in [2.75, 3.05) is 6.61 Å². The molecule has 30 heavy (non-hydrogen) atoms. The van der Waals surface area contributed by atoms with Crippen molar-refractivity contribution in [2.24, 2.45) is 0 Å². The Morgan fingerprint density at radius 3 is 1.97 bits per heavy atom. The van der Waals surface area contributed by atoms with Crippen molar-refractivity contribution >= 4 is 18.7 Å². The molecule has 4 heteroatoms. The fourth-order valence-corrected chi connectivity index (χ4v) is 9.08. The predicted octanol–water partition coefficient (Wildman–Crippen LogP) is 4.44. The van der Waals surface area contributed by atoms with Crippen molar-refractivity contribution in [3.63, 3.8) is 0 Å². The molecule has 0 aromatic heterocycles. The summed E-state index contributed by atoms with van der Waals surface area (Å²) in [5, 5.41) is 12.9. The highest BCUT2D eigenvalue weighted by Gasteiger charge is 2.50. The molecule has 162 valence electrons. The monoisotopic (exact) mass is 424 g/mol. The van der Waals surface area contributed by atoms with Gasteiger partial charge in [0.25, 0.3) is 8.32 Å². The van der Waals surface area contributed by atoms with Crippen LogP contribution in [0.2, 0.25) is 5.04 Å². The fourth-order valence-electron chi connectivity index (χ4n) is 4.48. The van der Waals surface area contributed by atoms with E-state index in [9.17, 15) is 5.11 Å². The second-order valence-electron chi connectivity index (χ2n) is 9.19. The van der Waals surface area contributed by atoms with E-state index in [1.165, 1.54) is 10.4 Å². The van der Waals surface area contributed by atoms with Gasteiger partial charge in [-0.05, 0) is 34.7 Å². The number of aliphatic hydroxyl groups is 1. The first kappa shape index (κ1) is 23.0. The topological polar surface area (TPSA) is 38.7 Å². The van der Waals surface area contributed by atoms with Crippen molar-refractivity contribution in [3.05, 3.63) is 72.8 Å². The molecule has 0 bridgehead atoms. The van der Waals surface area contributed by atoms with E-state index in [0.717, 1.165) is 12.8 Å². The Hall–Kier alpha value is -1.72. The third-order valence-electron chi connectivity index (χ3n) is 6.04. The summed E-state index contributed by atoms with van der Waals surface area (Å²) in [5.41, 5.74) is 0. The maximum atomic E-state index is 10.4. The summed E-state index contributed by atoms with van der Waals surface area (Å²) in [4.78, 5) is 0. The molecule has 0 saturated carbocycles. The summed E-state index contributed by atoms with van der Waals surface area (Å²) in [6.07, 6.45) is 5.78. The van der Waals surface area contributed by atoms with Gasteiger partial charge >= 0.3 is 0 Å². The van der Waals surface area contributed by atoms with Gasteiger partial charge in [0.05, 0.1) is 24.9 Å². The van der Waals surface area contributed by atoms with Crippen LogP contribution in [0.15, 0.2) is 72.8 Å². The van der Waals surface area contributed by atoms with E-state index < -0.39 is 14.4 Å². The molecule has 1 N–H and O–H groups in total. The molecule has 1 aliphatic heterocycles. The molecule has 3 atom stereocenters. The van der Waals surface area contributed by atoms with Crippen LogP contribution < -0.4 is 10.4 Å². The van der Waals surface area contributed by atoms with E-state index in [1.807, 2.05) is 0 Å². The molecule has 3 nitrogen and oxygen atoms in total. The van der Waals surface area contributed by atoms with Crippen LogP contribution in [-0.4, -0.2) is 38.3 Å². The largest absolute Gasteiger partial charge is 0.405 e. The summed E-state index contributed by atoms with van der Waals surface area (Å²) >= 11 is 0. The van der Waals surface area contributed by atoms with Gasteiger partial charge in [0.1, 0.15) is 0 Å². The lowest BCUT2D eigenvalue weighted by Gasteiger charge is -2.44. The van der Waals surface area contributed by atoms with Crippen LogP contribution in [0.5, 0.6) is 0 Å². The lowest BCUT2D eigenvalue weighted by atomic mass is 10.0. The molecule has 0 spiro atoms. The Bertz CT molecular complexity index is 759. The normalized spacial score (nSPS) is 24.1. The number of hydrogen-bond acceptors (Lipinski definition) is 3. The lowest BCUT2D eigenvalue weighted by molar-refractivity contribution is -0.0905. The first-order valence-corrected chi connectivity index (χ1v) is 13.0. The summed E-state index contributed by atoms with van der Waals surface area (Å²) in [6, 6.07) is 21.4. The zero-order chi connectivity index (χ0) is 21.6. The molecule has 0 unspecified atom stereocenters. The van der Waals surface area contributed by atoms with Crippen LogP contribution in [0.4, 0.5) is 0 Å². The van der Waals surface area contributed by atoms with Crippen molar-refractivity contribution < 1.29 is 14.3 Å². The number of benzene rings is 2. The SMILES string of the molecule is CC[C@H]1O[C@@H](CO[Si](c2ccccc2)(c2ccccc2)C(C)(C)C)C/C=C\C[C@H]1O. The number of hydrogen-bond donors (Lipinski definition) is 1. The smallest absolute Gasteiger partial charge is 0.261 e. The quantitative estimate of drug-likeness (QED) is 0.550. The number of ether oxygens (including phenoxy) is 1. The van der Waals surface area contributed by atoms with Gasteiger partial charge < -0.3 is 14.3 Å². The Kier molecular flexibility index (Phi) is 7.69. The molecule has 0 aliphatic carbocycles. The van der Waals surface area contributed by atoms with Gasteiger partial charge in [-0.1, -0.05) is 101 Å². The molecular formula is C26H36O3Si. The van der Waals surface area contributed by atoms with Crippen molar-refractivity contribution in [1.29, 1.82) is 0 Å². The van der Waals surface area contributed by atoms with E-state index in [0.29, 0.717) is 13.0 Å². The van der Waals surface area contributed by atoms with Crippen LogP contribution in [-0.2, 0) is 9.16 Å². The number of aliphatic hydroxyl groups excluding tert-OH is 1. The summed E-state index contributed by atoms with van der Waals surface area (Å²) in [7, 11) is -2.58. The van der Waals surface area contributed by atoms with Crippen LogP contribution >= 0.6 is 0 Å². The molecule has 0 saturated heterocycles. The minimum atomic E-state index is -2.58. The van der Waals surface area contributed by atoms with Gasteiger partial charge in [-0.15, -0.1) is 0 Å². The highest BCUT2D eigenvalue weighted by molar-refractivity contribution is 6.99. The second-order valence-corrected chi connectivity index (χ2v) is 13.5. The van der Waals surface area contributed by atoms with Crippen molar-refractivity contribution in [2.45, 2.75) is 70.3 Å². The van der Waals surface area contributed by atoms with Gasteiger partial charge in [0.2, 0.25) is 0 Å². The van der Waals surface area contributed by atoms with Gasteiger partial charge in [0, 0.05) is 0 Å². The van der Waals surface area contributed by atoms with E-state index in [-0.39, 0.29) is 17.2 Å². The van der Waals surface area contributed by atoms with E-state index >= 15 is 0 Å². The number of rotatable bonds is 6. The van der Waals surface area contributed by atoms with E-state index in [1.54, 1.807) is 0 Å². The third-order valence-corrected chi connectivity index (χ3v) is 11.0. The van der Waals surface area contributed by atoms with Gasteiger partial charge in [0.15, 0.2) is 0 Å².